The van der Waals surface area contributed by atoms with Gasteiger partial charge >= 0.3 is 0 Å². The Labute approximate surface area is 120 Å². The van der Waals surface area contributed by atoms with Crippen LogP contribution in [0.25, 0.3) is 0 Å². The lowest BCUT2D eigenvalue weighted by Gasteiger charge is -2.30. The Morgan fingerprint density at radius 1 is 1.15 bits per heavy atom. The molecule has 0 aliphatic carbocycles. The molecule has 0 unspecified atom stereocenters. The number of hydrogen-bond acceptors (Lipinski definition) is 3. The third kappa shape index (κ3) is 3.24. The van der Waals surface area contributed by atoms with E-state index in [1.165, 1.54) is 0 Å². The first-order valence-corrected chi connectivity index (χ1v) is 7.18. The highest BCUT2D eigenvalue weighted by Crippen LogP contribution is 2.31. The molecule has 0 radical (unpaired) electrons. The maximum atomic E-state index is 12.3. The number of benzene rings is 1. The standard InChI is InChI=1S/C16H23NO3/c1-10(2)15(11(3)4)17-16(18)14-9-19-12-7-5-6-8-13(12)20-14/h5-8,10-11,14-15H,9H2,1-4H3,(H,17,18)/t14-/m1/s1. The Bertz CT molecular complexity index is 463. The van der Waals surface area contributed by atoms with Gasteiger partial charge in [0.05, 0.1) is 0 Å². The van der Waals surface area contributed by atoms with Gasteiger partial charge in [-0.3, -0.25) is 4.79 Å². The Kier molecular flexibility index (Phi) is 4.53. The molecule has 0 fully saturated rings. The van der Waals surface area contributed by atoms with Gasteiger partial charge in [0.15, 0.2) is 11.5 Å². The molecule has 1 aliphatic rings. The van der Waals surface area contributed by atoms with Gasteiger partial charge < -0.3 is 14.8 Å². The summed E-state index contributed by atoms with van der Waals surface area (Å²) < 4.78 is 11.3. The molecule has 0 saturated carbocycles. The Morgan fingerprint density at radius 2 is 1.75 bits per heavy atom. The van der Waals surface area contributed by atoms with E-state index in [1.54, 1.807) is 0 Å². The number of amides is 1. The van der Waals surface area contributed by atoms with Gasteiger partial charge in [-0.2, -0.15) is 0 Å². The molecule has 0 bridgehead atoms. The maximum absolute atomic E-state index is 12.3. The van der Waals surface area contributed by atoms with Crippen LogP contribution in [-0.2, 0) is 4.79 Å². The smallest absolute Gasteiger partial charge is 0.264 e. The van der Waals surface area contributed by atoms with Crippen LogP contribution in [0.15, 0.2) is 24.3 Å². The lowest BCUT2D eigenvalue weighted by molar-refractivity contribution is -0.131. The first-order valence-electron chi connectivity index (χ1n) is 7.18. The van der Waals surface area contributed by atoms with Crippen molar-refractivity contribution in [3.05, 3.63) is 24.3 Å². The molecule has 0 saturated heterocycles. The van der Waals surface area contributed by atoms with Crippen molar-refractivity contribution in [2.75, 3.05) is 6.61 Å². The summed E-state index contributed by atoms with van der Waals surface area (Å²) in [6.07, 6.45) is -0.579. The highest BCUT2D eigenvalue weighted by atomic mass is 16.6. The maximum Gasteiger partial charge on any atom is 0.264 e. The SMILES string of the molecule is CC(C)C(NC(=O)[C@H]1COc2ccccc2O1)C(C)C. The van der Waals surface area contributed by atoms with E-state index in [9.17, 15) is 4.79 Å². The lowest BCUT2D eigenvalue weighted by Crippen LogP contribution is -2.50. The highest BCUT2D eigenvalue weighted by molar-refractivity contribution is 5.82. The number of ether oxygens (including phenoxy) is 2. The molecular formula is C16H23NO3. The molecule has 1 aliphatic heterocycles. The van der Waals surface area contributed by atoms with Crippen molar-refractivity contribution >= 4 is 5.91 Å². The zero-order valence-electron chi connectivity index (χ0n) is 12.6. The van der Waals surface area contributed by atoms with Crippen LogP contribution in [0.5, 0.6) is 11.5 Å². The summed E-state index contributed by atoms with van der Waals surface area (Å²) in [6.45, 7) is 8.69. The molecule has 1 N–H and O–H groups in total. The van der Waals surface area contributed by atoms with E-state index in [2.05, 4.69) is 33.0 Å². The molecule has 110 valence electrons. The topological polar surface area (TPSA) is 47.6 Å². The second-order valence-electron chi connectivity index (χ2n) is 5.89. The predicted molar refractivity (Wildman–Crippen MR) is 78.0 cm³/mol. The number of hydrogen-bond donors (Lipinski definition) is 1. The number of fused-ring (bicyclic) bond motifs is 1. The van der Waals surface area contributed by atoms with Crippen molar-refractivity contribution < 1.29 is 14.3 Å². The lowest BCUT2D eigenvalue weighted by atomic mass is 9.93. The minimum absolute atomic E-state index is 0.105. The van der Waals surface area contributed by atoms with E-state index in [-0.39, 0.29) is 18.6 Å². The summed E-state index contributed by atoms with van der Waals surface area (Å²) in [6, 6.07) is 7.55. The first-order chi connectivity index (χ1) is 9.49. The van der Waals surface area contributed by atoms with Crippen molar-refractivity contribution in [2.45, 2.75) is 39.8 Å². The normalized spacial score (nSPS) is 17.6. The van der Waals surface area contributed by atoms with Crippen molar-refractivity contribution in [2.24, 2.45) is 11.8 Å². The van der Waals surface area contributed by atoms with Crippen molar-refractivity contribution in [1.29, 1.82) is 0 Å². The fourth-order valence-electron chi connectivity index (χ4n) is 2.51. The summed E-state index contributed by atoms with van der Waals surface area (Å²) in [5.74, 6) is 1.99. The van der Waals surface area contributed by atoms with Crippen LogP contribution in [0.4, 0.5) is 0 Å². The zero-order chi connectivity index (χ0) is 14.7. The van der Waals surface area contributed by atoms with Crippen LogP contribution in [0.3, 0.4) is 0 Å². The summed E-state index contributed by atoms with van der Waals surface area (Å²) in [5, 5.41) is 3.07. The molecule has 1 aromatic carbocycles. The van der Waals surface area contributed by atoms with Gasteiger partial charge in [0.25, 0.3) is 5.91 Å². The average molecular weight is 277 g/mol. The molecule has 0 spiro atoms. The van der Waals surface area contributed by atoms with E-state index >= 15 is 0 Å². The Balaban J connectivity index is 2.01. The Hall–Kier alpha value is -1.71. The molecule has 4 heteroatoms. The molecule has 1 amide bonds. The third-order valence-corrected chi connectivity index (χ3v) is 3.55. The predicted octanol–water partition coefficient (Wildman–Crippen LogP) is 2.62. The number of carbonyl (C=O) groups excluding carboxylic acids is 1. The van der Waals surface area contributed by atoms with Crippen molar-refractivity contribution in [1.82, 2.24) is 5.32 Å². The van der Waals surface area contributed by atoms with Crippen LogP contribution >= 0.6 is 0 Å². The number of para-hydroxylation sites is 2. The molecule has 1 aromatic rings. The molecule has 1 atom stereocenters. The van der Waals surface area contributed by atoms with Gasteiger partial charge in [0, 0.05) is 6.04 Å². The van der Waals surface area contributed by atoms with E-state index in [1.807, 2.05) is 24.3 Å². The van der Waals surface area contributed by atoms with Gasteiger partial charge in [-0.05, 0) is 24.0 Å². The number of rotatable bonds is 4. The average Bonchev–Trinajstić information content (AvgIpc) is 2.43. The van der Waals surface area contributed by atoms with Gasteiger partial charge in [-0.25, -0.2) is 0 Å². The fourth-order valence-corrected chi connectivity index (χ4v) is 2.51. The third-order valence-electron chi connectivity index (χ3n) is 3.55. The second kappa shape index (κ2) is 6.16. The van der Waals surface area contributed by atoms with Gasteiger partial charge in [-0.1, -0.05) is 39.8 Å². The molecule has 2 rings (SSSR count). The number of nitrogens with one attached hydrogen (secondary N) is 1. The van der Waals surface area contributed by atoms with Crippen LogP contribution in [0.1, 0.15) is 27.7 Å². The monoisotopic (exact) mass is 277 g/mol. The second-order valence-corrected chi connectivity index (χ2v) is 5.89. The fraction of sp³-hybridized carbons (Fsp3) is 0.562. The summed E-state index contributed by atoms with van der Waals surface area (Å²) in [4.78, 5) is 12.3. The summed E-state index contributed by atoms with van der Waals surface area (Å²) >= 11 is 0. The van der Waals surface area contributed by atoms with Crippen molar-refractivity contribution in [3.63, 3.8) is 0 Å². The zero-order valence-corrected chi connectivity index (χ0v) is 12.6. The van der Waals surface area contributed by atoms with Gasteiger partial charge in [-0.15, -0.1) is 0 Å². The van der Waals surface area contributed by atoms with E-state index in [0.29, 0.717) is 23.3 Å². The van der Waals surface area contributed by atoms with Crippen LogP contribution in [0, 0.1) is 11.8 Å². The number of carbonyl (C=O) groups is 1. The van der Waals surface area contributed by atoms with Crippen LogP contribution in [-0.4, -0.2) is 24.7 Å². The van der Waals surface area contributed by atoms with Crippen LogP contribution in [0.2, 0.25) is 0 Å². The van der Waals surface area contributed by atoms with Gasteiger partial charge in [0.2, 0.25) is 6.10 Å². The van der Waals surface area contributed by atoms with Gasteiger partial charge in [0.1, 0.15) is 6.61 Å². The summed E-state index contributed by atoms with van der Waals surface area (Å²) in [7, 11) is 0. The minimum Gasteiger partial charge on any atom is -0.485 e. The minimum atomic E-state index is -0.579. The van der Waals surface area contributed by atoms with Crippen LogP contribution < -0.4 is 14.8 Å². The molecular weight excluding hydrogens is 254 g/mol. The van der Waals surface area contributed by atoms with E-state index in [4.69, 9.17) is 9.47 Å². The summed E-state index contributed by atoms with van der Waals surface area (Å²) in [5.41, 5.74) is 0. The first kappa shape index (κ1) is 14.7. The highest BCUT2D eigenvalue weighted by Gasteiger charge is 2.30. The Morgan fingerprint density at radius 3 is 2.35 bits per heavy atom. The molecule has 1 heterocycles. The molecule has 0 aromatic heterocycles. The molecule has 20 heavy (non-hydrogen) atoms. The quantitative estimate of drug-likeness (QED) is 0.920. The largest absolute Gasteiger partial charge is 0.485 e. The van der Waals surface area contributed by atoms with E-state index < -0.39 is 6.10 Å². The van der Waals surface area contributed by atoms with Crippen molar-refractivity contribution in [3.8, 4) is 11.5 Å². The van der Waals surface area contributed by atoms with E-state index in [0.717, 1.165) is 0 Å². The molecule has 4 nitrogen and oxygen atoms in total.